The molecule has 0 spiro atoms. The maximum Gasteiger partial charge on any atom is 0.220 e. The van der Waals surface area contributed by atoms with Gasteiger partial charge in [-0.3, -0.25) is 0 Å². The van der Waals surface area contributed by atoms with Crippen LogP contribution in [0.5, 0.6) is 0 Å². The maximum absolute atomic E-state index is 13.6. The summed E-state index contributed by atoms with van der Waals surface area (Å²) < 4.78 is 47.3. The van der Waals surface area contributed by atoms with Crippen molar-refractivity contribution < 1.29 is 17.5 Å². The molecule has 0 saturated carbocycles. The van der Waals surface area contributed by atoms with Crippen LogP contribution in [0.2, 0.25) is 30.7 Å². The van der Waals surface area contributed by atoms with Crippen LogP contribution in [0.3, 0.4) is 0 Å². The third-order valence-corrected chi connectivity index (χ3v) is 9.14. The maximum atomic E-state index is 13.6. The number of hydrogen-bond acceptors (Lipinski definition) is 3. The molecule has 144 valence electrons. The third-order valence-electron chi connectivity index (χ3n) is 3.67. The van der Waals surface area contributed by atoms with Gasteiger partial charge in [0.1, 0.15) is 17.8 Å². The second-order valence-electron chi connectivity index (χ2n) is 7.48. The van der Waals surface area contributed by atoms with Crippen molar-refractivity contribution in [3.63, 3.8) is 0 Å². The van der Waals surface area contributed by atoms with Gasteiger partial charge in [0.05, 0.1) is 8.59 Å². The first-order chi connectivity index (χ1) is 11.4. The lowest BCUT2D eigenvalue weighted by Gasteiger charge is -2.24. The van der Waals surface area contributed by atoms with Gasteiger partial charge < -0.3 is 4.74 Å². The van der Waals surface area contributed by atoms with Gasteiger partial charge >= 0.3 is 0 Å². The second-order valence-corrected chi connectivity index (χ2v) is 16.4. The topological polar surface area (TPSA) is 55.4 Å². The summed E-state index contributed by atoms with van der Waals surface area (Å²) in [4.78, 5) is 0. The highest BCUT2D eigenvalue weighted by molar-refractivity contribution is 14.1. The molecule has 1 unspecified atom stereocenters. The summed E-state index contributed by atoms with van der Waals surface area (Å²) in [7, 11) is -4.94. The van der Waals surface area contributed by atoms with Gasteiger partial charge in [-0.1, -0.05) is 51.2 Å². The minimum atomic E-state index is -3.72. The normalized spacial score (nSPS) is 14.1. The molecule has 25 heavy (non-hydrogen) atoms. The van der Waals surface area contributed by atoms with E-state index in [0.717, 1.165) is 6.04 Å². The van der Waals surface area contributed by atoms with Crippen LogP contribution in [0.15, 0.2) is 12.1 Å². The molecule has 0 heterocycles. The number of sulfonamides is 1. The van der Waals surface area contributed by atoms with E-state index in [1.807, 2.05) is 0 Å². The van der Waals surface area contributed by atoms with E-state index in [1.165, 1.54) is 12.1 Å². The highest BCUT2D eigenvalue weighted by Crippen LogP contribution is 2.37. The van der Waals surface area contributed by atoms with Crippen LogP contribution in [0, 0.1) is 15.3 Å². The molecule has 1 aromatic rings. The van der Waals surface area contributed by atoms with Gasteiger partial charge in [0.25, 0.3) is 0 Å². The number of halogens is 3. The summed E-state index contributed by atoms with van der Waals surface area (Å²) >= 11 is 7.99. The van der Waals surface area contributed by atoms with Crippen LogP contribution in [-0.4, -0.2) is 29.8 Å². The fourth-order valence-corrected chi connectivity index (χ4v) is 5.57. The van der Waals surface area contributed by atoms with E-state index in [2.05, 4.69) is 24.4 Å². The average molecular weight is 522 g/mol. The molecule has 0 amide bonds. The second kappa shape index (κ2) is 9.45. The Kier molecular flexibility index (Phi) is 8.81. The number of ether oxygens (including phenoxy) is 1. The molecule has 9 heteroatoms. The van der Waals surface area contributed by atoms with Gasteiger partial charge in [-0.2, -0.15) is 4.72 Å². The van der Waals surface area contributed by atoms with Crippen molar-refractivity contribution in [1.29, 1.82) is 0 Å². The van der Waals surface area contributed by atoms with Crippen molar-refractivity contribution in [1.82, 2.24) is 4.72 Å². The van der Waals surface area contributed by atoms with E-state index in [-0.39, 0.29) is 21.2 Å². The SMILES string of the molecule is CC(C)C(c1ccc(F)c(I)c1Cl)S(=O)(=O)NCOCC[Si](C)(C)C. The van der Waals surface area contributed by atoms with Crippen LogP contribution in [0.25, 0.3) is 0 Å². The van der Waals surface area contributed by atoms with E-state index in [4.69, 9.17) is 16.3 Å². The van der Waals surface area contributed by atoms with Crippen molar-refractivity contribution in [2.45, 2.75) is 44.8 Å². The van der Waals surface area contributed by atoms with Gasteiger partial charge in [-0.05, 0) is 46.2 Å². The molecule has 0 bridgehead atoms. The zero-order valence-electron chi connectivity index (χ0n) is 15.2. The van der Waals surface area contributed by atoms with Crippen LogP contribution >= 0.6 is 34.2 Å². The summed E-state index contributed by atoms with van der Waals surface area (Å²) in [6.45, 7) is 10.7. The molecule has 1 atom stereocenters. The predicted molar refractivity (Wildman–Crippen MR) is 113 cm³/mol. The fourth-order valence-electron chi connectivity index (χ4n) is 2.31. The summed E-state index contributed by atoms with van der Waals surface area (Å²) in [6, 6.07) is 3.65. The van der Waals surface area contributed by atoms with Gasteiger partial charge in [-0.15, -0.1) is 0 Å². The highest BCUT2D eigenvalue weighted by atomic mass is 127. The summed E-state index contributed by atoms with van der Waals surface area (Å²) in [5.74, 6) is -0.699. The molecular weight excluding hydrogens is 496 g/mol. The molecule has 0 aliphatic rings. The lowest BCUT2D eigenvalue weighted by molar-refractivity contribution is 0.143. The Morgan fingerprint density at radius 3 is 2.44 bits per heavy atom. The van der Waals surface area contributed by atoms with Gasteiger partial charge in [0, 0.05) is 14.7 Å². The first-order valence-electron chi connectivity index (χ1n) is 8.06. The van der Waals surface area contributed by atoms with Crippen LogP contribution in [0.1, 0.15) is 24.7 Å². The van der Waals surface area contributed by atoms with Crippen molar-refractivity contribution in [3.05, 3.63) is 32.1 Å². The zero-order chi connectivity index (χ0) is 19.4. The Labute approximate surface area is 170 Å². The monoisotopic (exact) mass is 521 g/mol. The Morgan fingerprint density at radius 2 is 1.92 bits per heavy atom. The molecule has 4 nitrogen and oxygen atoms in total. The first kappa shape index (κ1) is 23.3. The summed E-state index contributed by atoms with van der Waals surface area (Å²) in [5.41, 5.74) is 0.400. The Bertz CT molecular complexity index is 695. The minimum Gasteiger partial charge on any atom is -0.366 e. The highest BCUT2D eigenvalue weighted by Gasteiger charge is 2.32. The molecule has 1 rings (SSSR count). The number of rotatable bonds is 9. The zero-order valence-corrected chi connectivity index (χ0v) is 19.9. The first-order valence-corrected chi connectivity index (χ1v) is 14.8. The quantitative estimate of drug-likeness (QED) is 0.163. The minimum absolute atomic E-state index is 0.0774. The third kappa shape index (κ3) is 7.06. The van der Waals surface area contributed by atoms with Crippen molar-refractivity contribution >= 4 is 52.3 Å². The molecule has 0 fully saturated rings. The smallest absolute Gasteiger partial charge is 0.220 e. The van der Waals surface area contributed by atoms with E-state index >= 15 is 0 Å². The van der Waals surface area contributed by atoms with E-state index in [9.17, 15) is 12.8 Å². The Balaban J connectivity index is 2.90. The molecular formula is C16H26ClFINO3SSi. The predicted octanol–water partition coefficient (Wildman–Crippen LogP) is 5.01. The lowest BCUT2D eigenvalue weighted by Crippen LogP contribution is -2.34. The number of hydrogen-bond donors (Lipinski definition) is 1. The van der Waals surface area contributed by atoms with Crippen molar-refractivity contribution in [2.24, 2.45) is 5.92 Å². The van der Waals surface area contributed by atoms with Crippen molar-refractivity contribution in [2.75, 3.05) is 13.3 Å². The van der Waals surface area contributed by atoms with Crippen LogP contribution in [0.4, 0.5) is 4.39 Å². The fraction of sp³-hybridized carbons (Fsp3) is 0.625. The summed E-state index contributed by atoms with van der Waals surface area (Å²) in [6.07, 6.45) is 0. The lowest BCUT2D eigenvalue weighted by atomic mass is 10.0. The Morgan fingerprint density at radius 1 is 1.32 bits per heavy atom. The van der Waals surface area contributed by atoms with Gasteiger partial charge in [0.15, 0.2) is 0 Å². The van der Waals surface area contributed by atoms with E-state index in [1.54, 1.807) is 36.4 Å². The van der Waals surface area contributed by atoms with Crippen LogP contribution in [-0.2, 0) is 14.8 Å². The standard InChI is InChI=1S/C16H26ClFINO3SSi/c1-11(2)16(12-6-7-13(18)15(19)14(12)17)24(21,22)20-10-23-8-9-25(3,4)5/h6-7,11,16,20H,8-10H2,1-5H3. The van der Waals surface area contributed by atoms with E-state index in [0.29, 0.717) is 12.2 Å². The Hall–Kier alpha value is 0.257. The molecule has 0 aliphatic carbocycles. The molecule has 0 saturated heterocycles. The molecule has 0 aromatic heterocycles. The summed E-state index contributed by atoms with van der Waals surface area (Å²) in [5, 5.41) is -0.737. The van der Waals surface area contributed by atoms with Gasteiger partial charge in [-0.25, -0.2) is 12.8 Å². The molecule has 1 aromatic carbocycles. The van der Waals surface area contributed by atoms with Gasteiger partial charge in [0.2, 0.25) is 10.0 Å². The number of benzene rings is 1. The average Bonchev–Trinajstić information content (AvgIpc) is 2.45. The molecule has 0 aliphatic heterocycles. The van der Waals surface area contributed by atoms with Crippen molar-refractivity contribution in [3.8, 4) is 0 Å². The largest absolute Gasteiger partial charge is 0.366 e. The van der Waals surface area contributed by atoms with E-state index < -0.39 is 29.2 Å². The molecule has 0 radical (unpaired) electrons. The number of nitrogens with one attached hydrogen (secondary N) is 1. The van der Waals surface area contributed by atoms with Crippen LogP contribution < -0.4 is 4.72 Å². The molecule has 1 N–H and O–H groups in total.